The lowest BCUT2D eigenvalue weighted by Crippen LogP contribution is -2.32. The van der Waals surface area contributed by atoms with Crippen LogP contribution in [0.15, 0.2) is 53.6 Å². The fourth-order valence-electron chi connectivity index (χ4n) is 3.63. The molecule has 1 aliphatic heterocycles. The number of nitrogens with zero attached hydrogens (tertiary/aromatic N) is 1. The molecule has 3 aromatic rings. The molecule has 1 unspecified atom stereocenters. The molecule has 162 valence electrons. The van der Waals surface area contributed by atoms with E-state index in [1.54, 1.807) is 0 Å². The number of H-pyrrole nitrogens is 1. The van der Waals surface area contributed by atoms with Crippen molar-refractivity contribution in [3.63, 3.8) is 0 Å². The molecule has 0 aliphatic carbocycles. The number of hydrogen-bond acceptors (Lipinski definition) is 4. The number of benzene rings is 2. The van der Waals surface area contributed by atoms with E-state index in [1.165, 1.54) is 22.9 Å². The standard InChI is InChI=1S/C25H29N3O2S/c1-3-18-8-12-20(13-9-18)24-27-23(19-10-6-17(2)7-11-19)25(28-24)31-16-22(29)26-15-21-5-4-14-30-21/h6-13,21H,3-5,14-16H2,1-2H3,(H,26,29)(H,27,28). The first-order valence-corrected chi connectivity index (χ1v) is 11.9. The third-order valence-corrected chi connectivity index (χ3v) is 6.51. The topological polar surface area (TPSA) is 67.0 Å². The molecule has 6 heteroatoms. The summed E-state index contributed by atoms with van der Waals surface area (Å²) < 4.78 is 5.58. The maximum Gasteiger partial charge on any atom is 0.230 e. The van der Waals surface area contributed by atoms with Crippen molar-refractivity contribution < 1.29 is 9.53 Å². The van der Waals surface area contributed by atoms with Crippen molar-refractivity contribution in [1.29, 1.82) is 0 Å². The van der Waals surface area contributed by atoms with Crippen LogP contribution in [0.4, 0.5) is 0 Å². The van der Waals surface area contributed by atoms with E-state index >= 15 is 0 Å². The largest absolute Gasteiger partial charge is 0.376 e. The predicted octanol–water partition coefficient (Wildman–Crippen LogP) is 5.00. The second kappa shape index (κ2) is 10.2. The fourth-order valence-corrected chi connectivity index (χ4v) is 4.47. The van der Waals surface area contributed by atoms with Crippen LogP contribution in [-0.2, 0) is 16.0 Å². The molecule has 2 aromatic carbocycles. The Labute approximate surface area is 188 Å². The molecule has 1 amide bonds. The van der Waals surface area contributed by atoms with Gasteiger partial charge in [-0.3, -0.25) is 4.79 Å². The van der Waals surface area contributed by atoms with Crippen molar-refractivity contribution in [3.05, 3.63) is 59.7 Å². The van der Waals surface area contributed by atoms with Crippen LogP contribution in [0.1, 0.15) is 30.9 Å². The minimum Gasteiger partial charge on any atom is -0.376 e. The SMILES string of the molecule is CCc1ccc(-c2nc(SCC(=O)NCC3CCCO3)c(-c3ccc(C)cc3)[nH]2)cc1. The van der Waals surface area contributed by atoms with Crippen molar-refractivity contribution >= 4 is 17.7 Å². The molecule has 0 saturated carbocycles. The van der Waals surface area contributed by atoms with Crippen molar-refractivity contribution in [2.75, 3.05) is 18.9 Å². The second-order valence-electron chi connectivity index (χ2n) is 7.91. The molecular weight excluding hydrogens is 406 g/mol. The Morgan fingerprint density at radius 1 is 1.16 bits per heavy atom. The van der Waals surface area contributed by atoms with E-state index in [0.29, 0.717) is 12.3 Å². The molecule has 1 aromatic heterocycles. The lowest BCUT2D eigenvalue weighted by atomic mass is 10.1. The third kappa shape index (κ3) is 5.57. The number of aromatic nitrogens is 2. The Morgan fingerprint density at radius 3 is 2.58 bits per heavy atom. The summed E-state index contributed by atoms with van der Waals surface area (Å²) in [6.45, 7) is 5.60. The van der Waals surface area contributed by atoms with E-state index in [-0.39, 0.29) is 12.0 Å². The van der Waals surface area contributed by atoms with Crippen molar-refractivity contribution in [2.24, 2.45) is 0 Å². The van der Waals surface area contributed by atoms with Gasteiger partial charge in [0.05, 0.1) is 17.6 Å². The Morgan fingerprint density at radius 2 is 1.90 bits per heavy atom. The van der Waals surface area contributed by atoms with Crippen LogP contribution in [0.25, 0.3) is 22.6 Å². The summed E-state index contributed by atoms with van der Waals surface area (Å²) in [4.78, 5) is 20.7. The number of aryl methyl sites for hydroxylation is 2. The molecule has 0 spiro atoms. The van der Waals surface area contributed by atoms with Gasteiger partial charge >= 0.3 is 0 Å². The molecule has 1 atom stereocenters. The number of aromatic amines is 1. The number of thioether (sulfide) groups is 1. The van der Waals surface area contributed by atoms with E-state index < -0.39 is 0 Å². The normalized spacial score (nSPS) is 15.9. The number of carbonyl (C=O) groups is 1. The quantitative estimate of drug-likeness (QED) is 0.489. The zero-order valence-electron chi connectivity index (χ0n) is 18.1. The average molecular weight is 436 g/mol. The van der Waals surface area contributed by atoms with Crippen LogP contribution in [0.3, 0.4) is 0 Å². The van der Waals surface area contributed by atoms with E-state index in [9.17, 15) is 4.79 Å². The summed E-state index contributed by atoms with van der Waals surface area (Å²) in [5.74, 6) is 1.15. The van der Waals surface area contributed by atoms with E-state index in [1.807, 2.05) is 0 Å². The number of carbonyl (C=O) groups excluding carboxylic acids is 1. The van der Waals surface area contributed by atoms with Crippen LogP contribution in [0.5, 0.6) is 0 Å². The highest BCUT2D eigenvalue weighted by Crippen LogP contribution is 2.32. The highest BCUT2D eigenvalue weighted by atomic mass is 32.2. The van der Waals surface area contributed by atoms with Crippen LogP contribution < -0.4 is 5.32 Å². The van der Waals surface area contributed by atoms with Gasteiger partial charge in [-0.25, -0.2) is 4.98 Å². The van der Waals surface area contributed by atoms with Crippen LogP contribution in [0.2, 0.25) is 0 Å². The summed E-state index contributed by atoms with van der Waals surface area (Å²) in [6, 6.07) is 16.8. The van der Waals surface area contributed by atoms with E-state index in [4.69, 9.17) is 9.72 Å². The van der Waals surface area contributed by atoms with E-state index in [2.05, 4.69) is 72.7 Å². The van der Waals surface area contributed by atoms with Gasteiger partial charge in [0.1, 0.15) is 10.9 Å². The lowest BCUT2D eigenvalue weighted by molar-refractivity contribution is -0.119. The van der Waals surface area contributed by atoms with Gasteiger partial charge in [-0.15, -0.1) is 0 Å². The minimum atomic E-state index is 0.00667. The van der Waals surface area contributed by atoms with Crippen molar-refractivity contribution in [3.8, 4) is 22.6 Å². The Kier molecular flexibility index (Phi) is 7.10. The molecule has 31 heavy (non-hydrogen) atoms. The van der Waals surface area contributed by atoms with Crippen LogP contribution in [0, 0.1) is 6.92 Å². The van der Waals surface area contributed by atoms with Gasteiger partial charge < -0.3 is 15.0 Å². The molecular formula is C25H29N3O2S. The van der Waals surface area contributed by atoms with E-state index in [0.717, 1.165) is 53.5 Å². The molecule has 0 bridgehead atoms. The molecule has 1 aliphatic rings. The maximum absolute atomic E-state index is 12.4. The Bertz CT molecular complexity index is 1010. The molecule has 1 fully saturated rings. The molecule has 5 nitrogen and oxygen atoms in total. The number of nitrogens with one attached hydrogen (secondary N) is 2. The summed E-state index contributed by atoms with van der Waals surface area (Å²) >= 11 is 1.46. The van der Waals surface area contributed by atoms with Gasteiger partial charge in [-0.2, -0.15) is 0 Å². The number of rotatable bonds is 8. The first-order chi connectivity index (χ1) is 15.1. The molecule has 4 rings (SSSR count). The second-order valence-corrected chi connectivity index (χ2v) is 8.87. The first-order valence-electron chi connectivity index (χ1n) is 10.9. The highest BCUT2D eigenvalue weighted by molar-refractivity contribution is 8.00. The number of imidazole rings is 1. The maximum atomic E-state index is 12.4. The summed E-state index contributed by atoms with van der Waals surface area (Å²) in [6.07, 6.45) is 3.25. The Balaban J connectivity index is 1.51. The molecule has 2 heterocycles. The first kappa shape index (κ1) is 21.7. The predicted molar refractivity (Wildman–Crippen MR) is 126 cm³/mol. The van der Waals surface area contributed by atoms with Gasteiger partial charge in [0, 0.05) is 24.3 Å². The number of hydrogen-bond donors (Lipinski definition) is 2. The van der Waals surface area contributed by atoms with Crippen LogP contribution >= 0.6 is 11.8 Å². The van der Waals surface area contributed by atoms with Crippen molar-refractivity contribution in [2.45, 2.75) is 44.2 Å². The van der Waals surface area contributed by atoms with Gasteiger partial charge in [0.2, 0.25) is 5.91 Å². The highest BCUT2D eigenvalue weighted by Gasteiger charge is 2.18. The Hall–Kier alpha value is -2.57. The lowest BCUT2D eigenvalue weighted by Gasteiger charge is -2.10. The molecule has 1 saturated heterocycles. The molecule has 2 N–H and O–H groups in total. The fraction of sp³-hybridized carbons (Fsp3) is 0.360. The summed E-state index contributed by atoms with van der Waals surface area (Å²) in [5, 5.41) is 3.83. The van der Waals surface area contributed by atoms with Gasteiger partial charge in [0.15, 0.2) is 0 Å². The minimum absolute atomic E-state index is 0.00667. The number of amides is 1. The molecule has 0 radical (unpaired) electrons. The third-order valence-electron chi connectivity index (χ3n) is 5.54. The zero-order valence-corrected chi connectivity index (χ0v) is 18.9. The van der Waals surface area contributed by atoms with Gasteiger partial charge in [0.25, 0.3) is 0 Å². The monoisotopic (exact) mass is 435 g/mol. The summed E-state index contributed by atoms with van der Waals surface area (Å²) in [7, 11) is 0. The zero-order chi connectivity index (χ0) is 21.6. The van der Waals surface area contributed by atoms with Gasteiger partial charge in [-0.1, -0.05) is 72.8 Å². The number of ether oxygens (including phenoxy) is 1. The van der Waals surface area contributed by atoms with Crippen molar-refractivity contribution in [1.82, 2.24) is 15.3 Å². The average Bonchev–Trinajstić information content (AvgIpc) is 3.47. The van der Waals surface area contributed by atoms with Crippen LogP contribution in [-0.4, -0.2) is 40.9 Å². The van der Waals surface area contributed by atoms with Gasteiger partial charge in [-0.05, 0) is 31.7 Å². The smallest absolute Gasteiger partial charge is 0.230 e. The summed E-state index contributed by atoms with van der Waals surface area (Å²) in [5.41, 5.74) is 5.57.